The third-order valence-corrected chi connectivity index (χ3v) is 3.15. The monoisotopic (exact) mass is 212 g/mol. The molecule has 0 amide bonds. The first kappa shape index (κ1) is 12.4. The molecule has 13 heavy (non-hydrogen) atoms. The maximum absolute atomic E-state index is 11.3. The van der Waals surface area contributed by atoms with Crippen LogP contribution in [0.2, 0.25) is 0 Å². The van der Waals surface area contributed by atoms with Crippen LogP contribution >= 0.6 is 7.60 Å². The molecule has 0 aromatic heterocycles. The van der Waals surface area contributed by atoms with Crippen LogP contribution < -0.4 is 0 Å². The second-order valence-electron chi connectivity index (χ2n) is 2.00. The lowest BCUT2D eigenvalue weighted by molar-refractivity contribution is 0.0764. The molecule has 0 rings (SSSR count). The predicted molar refractivity (Wildman–Crippen MR) is 44.8 cm³/mol. The van der Waals surface area contributed by atoms with Gasteiger partial charge in [-0.2, -0.15) is 0 Å². The molecule has 0 spiro atoms. The maximum Gasteiger partial charge on any atom is 0.507 e. The lowest BCUT2D eigenvalue weighted by atomic mass is 10.9. The quantitative estimate of drug-likeness (QED) is 0.504. The van der Waals surface area contributed by atoms with E-state index < -0.39 is 13.8 Å². The Labute approximate surface area is 76.6 Å². The van der Waals surface area contributed by atoms with Crippen LogP contribution in [0.4, 0.5) is 4.79 Å². The van der Waals surface area contributed by atoms with Gasteiger partial charge in [-0.1, -0.05) is 0 Å². The highest BCUT2D eigenvalue weighted by Gasteiger charge is 2.21. The van der Waals surface area contributed by atoms with Gasteiger partial charge in [0, 0.05) is 14.2 Å². The van der Waals surface area contributed by atoms with E-state index in [2.05, 4.69) is 18.5 Å². The van der Waals surface area contributed by atoms with E-state index in [1.165, 1.54) is 21.3 Å². The second-order valence-corrected chi connectivity index (χ2v) is 4.40. The first-order chi connectivity index (χ1) is 6.08. The fraction of sp³-hybridized carbons (Fsp3) is 0.833. The molecule has 0 fully saturated rings. The topological polar surface area (TPSA) is 71.1 Å². The molecule has 0 saturated heterocycles. The van der Waals surface area contributed by atoms with Crippen molar-refractivity contribution in [3.63, 3.8) is 0 Å². The zero-order valence-corrected chi connectivity index (χ0v) is 8.71. The predicted octanol–water partition coefficient (Wildman–Crippen LogP) is 1.26. The minimum Gasteiger partial charge on any atom is -0.438 e. The first-order valence-corrected chi connectivity index (χ1v) is 5.22. The molecule has 0 radical (unpaired) electrons. The van der Waals surface area contributed by atoms with E-state index in [-0.39, 0.29) is 12.8 Å². The van der Waals surface area contributed by atoms with Gasteiger partial charge in [-0.3, -0.25) is 4.57 Å². The van der Waals surface area contributed by atoms with Crippen LogP contribution in [0.25, 0.3) is 0 Å². The van der Waals surface area contributed by atoms with E-state index in [4.69, 9.17) is 0 Å². The van der Waals surface area contributed by atoms with Crippen LogP contribution in [0.5, 0.6) is 0 Å². The van der Waals surface area contributed by atoms with Crippen molar-refractivity contribution in [2.24, 2.45) is 0 Å². The molecule has 0 aromatic rings. The van der Waals surface area contributed by atoms with Crippen LogP contribution in [-0.4, -0.2) is 40.3 Å². The fourth-order valence-corrected chi connectivity index (χ4v) is 1.39. The molecule has 0 saturated carbocycles. The second kappa shape index (κ2) is 5.96. The van der Waals surface area contributed by atoms with Crippen molar-refractivity contribution in [3.05, 3.63) is 0 Å². The van der Waals surface area contributed by atoms with Crippen LogP contribution in [0.15, 0.2) is 0 Å². The third kappa shape index (κ3) is 4.87. The standard InChI is InChI=1S/C6H13O6P/c1-9-6(7)12-4-5-13(8,10-2)11-3/h4-5H2,1-3H3. The lowest BCUT2D eigenvalue weighted by Gasteiger charge is -2.12. The van der Waals surface area contributed by atoms with Crippen molar-refractivity contribution >= 4 is 13.8 Å². The molecule has 0 atom stereocenters. The summed E-state index contributed by atoms with van der Waals surface area (Å²) < 4.78 is 29.2. The average molecular weight is 212 g/mol. The summed E-state index contributed by atoms with van der Waals surface area (Å²) in [6.45, 7) is -0.0639. The molecule has 6 nitrogen and oxygen atoms in total. The molecular formula is C6H13O6P. The van der Waals surface area contributed by atoms with Crippen molar-refractivity contribution in [3.8, 4) is 0 Å². The van der Waals surface area contributed by atoms with Gasteiger partial charge in [-0.15, -0.1) is 0 Å². The molecule has 7 heteroatoms. The minimum atomic E-state index is -3.08. The summed E-state index contributed by atoms with van der Waals surface area (Å²) in [6, 6.07) is 0. The number of ether oxygens (including phenoxy) is 2. The van der Waals surface area contributed by atoms with Crippen LogP contribution in [0.1, 0.15) is 0 Å². The Balaban J connectivity index is 3.74. The summed E-state index contributed by atoms with van der Waals surface area (Å²) in [6.07, 6.45) is -0.812. The molecule has 0 aromatic carbocycles. The van der Waals surface area contributed by atoms with E-state index in [1.54, 1.807) is 0 Å². The smallest absolute Gasteiger partial charge is 0.438 e. The van der Waals surface area contributed by atoms with Gasteiger partial charge in [0.1, 0.15) is 6.61 Å². The summed E-state index contributed by atoms with van der Waals surface area (Å²) in [7, 11) is 0.641. The summed E-state index contributed by atoms with van der Waals surface area (Å²) in [5.74, 6) is 0. The van der Waals surface area contributed by atoms with Gasteiger partial charge in [-0.05, 0) is 0 Å². The van der Waals surface area contributed by atoms with E-state index in [9.17, 15) is 9.36 Å². The summed E-state index contributed by atoms with van der Waals surface area (Å²) in [5, 5.41) is 0. The van der Waals surface area contributed by atoms with Gasteiger partial charge in [-0.25, -0.2) is 4.79 Å². The molecule has 78 valence electrons. The average Bonchev–Trinajstić information content (AvgIpc) is 2.17. The van der Waals surface area contributed by atoms with Gasteiger partial charge < -0.3 is 18.5 Å². The zero-order chi connectivity index (χ0) is 10.3. The van der Waals surface area contributed by atoms with Crippen molar-refractivity contribution in [1.29, 1.82) is 0 Å². The van der Waals surface area contributed by atoms with E-state index in [1.807, 2.05) is 0 Å². The Hall–Kier alpha value is -0.580. The Morgan fingerprint density at radius 2 is 1.77 bits per heavy atom. The SMILES string of the molecule is COC(=O)OCCP(=O)(OC)OC. The van der Waals surface area contributed by atoms with Gasteiger partial charge >= 0.3 is 13.8 Å². The van der Waals surface area contributed by atoms with Crippen molar-refractivity contribution < 1.29 is 27.9 Å². The molecule has 0 bridgehead atoms. The summed E-state index contributed by atoms with van der Waals surface area (Å²) in [5.41, 5.74) is 0. The first-order valence-electron chi connectivity index (χ1n) is 3.49. The number of hydrogen-bond acceptors (Lipinski definition) is 6. The summed E-state index contributed by atoms with van der Waals surface area (Å²) in [4.78, 5) is 10.5. The van der Waals surface area contributed by atoms with E-state index in [0.29, 0.717) is 0 Å². The number of carbonyl (C=O) groups is 1. The Morgan fingerprint density at radius 3 is 2.15 bits per heavy atom. The van der Waals surface area contributed by atoms with Gasteiger partial charge in [0.15, 0.2) is 0 Å². The largest absolute Gasteiger partial charge is 0.507 e. The fourth-order valence-electron chi connectivity index (χ4n) is 0.557. The van der Waals surface area contributed by atoms with Crippen molar-refractivity contribution in [1.82, 2.24) is 0 Å². The van der Waals surface area contributed by atoms with Gasteiger partial charge in [0.05, 0.1) is 13.3 Å². The van der Waals surface area contributed by atoms with Crippen LogP contribution in [0.3, 0.4) is 0 Å². The highest BCUT2D eigenvalue weighted by atomic mass is 31.2. The number of methoxy groups -OCH3 is 1. The summed E-state index contributed by atoms with van der Waals surface area (Å²) >= 11 is 0. The lowest BCUT2D eigenvalue weighted by Crippen LogP contribution is -2.09. The Bertz CT molecular complexity index is 195. The zero-order valence-electron chi connectivity index (χ0n) is 7.81. The molecule has 0 unspecified atom stereocenters. The number of carbonyl (C=O) groups excluding carboxylic acids is 1. The maximum atomic E-state index is 11.3. The van der Waals surface area contributed by atoms with Crippen molar-refractivity contribution in [2.45, 2.75) is 0 Å². The van der Waals surface area contributed by atoms with E-state index in [0.717, 1.165) is 0 Å². The third-order valence-electron chi connectivity index (χ3n) is 1.31. The molecular weight excluding hydrogens is 199 g/mol. The van der Waals surface area contributed by atoms with Gasteiger partial charge in [0.25, 0.3) is 0 Å². The normalized spacial score (nSPS) is 11.0. The highest BCUT2D eigenvalue weighted by molar-refractivity contribution is 7.53. The molecule has 0 aliphatic rings. The van der Waals surface area contributed by atoms with Crippen LogP contribution in [-0.2, 0) is 23.1 Å². The number of hydrogen-bond donors (Lipinski definition) is 0. The molecule has 0 N–H and O–H groups in total. The van der Waals surface area contributed by atoms with Gasteiger partial charge in [0.2, 0.25) is 0 Å². The molecule has 0 aliphatic heterocycles. The molecule has 0 heterocycles. The Morgan fingerprint density at radius 1 is 1.23 bits per heavy atom. The minimum absolute atomic E-state index is 0.00903. The number of rotatable bonds is 5. The van der Waals surface area contributed by atoms with E-state index >= 15 is 0 Å². The molecule has 0 aliphatic carbocycles. The Kier molecular flexibility index (Phi) is 5.70. The van der Waals surface area contributed by atoms with Crippen LogP contribution in [0, 0.1) is 0 Å². The van der Waals surface area contributed by atoms with Crippen molar-refractivity contribution in [2.75, 3.05) is 34.1 Å². The highest BCUT2D eigenvalue weighted by Crippen LogP contribution is 2.45.